The number of benzene rings is 1. The van der Waals surface area contributed by atoms with E-state index in [9.17, 15) is 4.39 Å². The third kappa shape index (κ3) is 2.30. The molecule has 0 atom stereocenters. The molecule has 0 aliphatic carbocycles. The van der Waals surface area contributed by atoms with Crippen molar-refractivity contribution < 1.29 is 4.39 Å². The van der Waals surface area contributed by atoms with Crippen LogP contribution in [0.15, 0.2) is 24.3 Å². The van der Waals surface area contributed by atoms with Crippen LogP contribution >= 0.6 is 0 Å². The number of nitrogens with zero attached hydrogens (tertiary/aromatic N) is 1. The van der Waals surface area contributed by atoms with Crippen LogP contribution in [0.1, 0.15) is 26.5 Å². The van der Waals surface area contributed by atoms with Gasteiger partial charge in [-0.1, -0.05) is 32.9 Å². The van der Waals surface area contributed by atoms with Gasteiger partial charge in [0.15, 0.2) is 0 Å². The van der Waals surface area contributed by atoms with Gasteiger partial charge in [0.05, 0.1) is 5.69 Å². The van der Waals surface area contributed by atoms with Crippen molar-refractivity contribution in [2.24, 2.45) is 0 Å². The lowest BCUT2D eigenvalue weighted by atomic mass is 10.1. The lowest BCUT2D eigenvalue weighted by molar-refractivity contribution is 0.638. The summed E-state index contributed by atoms with van der Waals surface area (Å²) >= 11 is 0. The third-order valence-electron chi connectivity index (χ3n) is 2.24. The van der Waals surface area contributed by atoms with E-state index in [2.05, 4.69) is 4.98 Å². The number of halogens is 1. The smallest absolute Gasteiger partial charge is 0.132 e. The second-order valence-corrected chi connectivity index (χ2v) is 3.19. The van der Waals surface area contributed by atoms with E-state index < -0.39 is 0 Å². The number of pyridine rings is 1. The molecule has 0 spiro atoms. The lowest BCUT2D eigenvalue weighted by Gasteiger charge is -2.05. The van der Waals surface area contributed by atoms with Crippen molar-refractivity contribution in [1.29, 1.82) is 0 Å². The molecule has 0 saturated heterocycles. The molecular formula is C13H17FN2. The van der Waals surface area contributed by atoms with Gasteiger partial charge in [0.25, 0.3) is 0 Å². The summed E-state index contributed by atoms with van der Waals surface area (Å²) in [4.78, 5) is 4.12. The van der Waals surface area contributed by atoms with Gasteiger partial charge < -0.3 is 5.73 Å². The molecule has 0 aliphatic heterocycles. The van der Waals surface area contributed by atoms with Gasteiger partial charge in [-0.3, -0.25) is 0 Å². The van der Waals surface area contributed by atoms with E-state index in [1.54, 1.807) is 12.1 Å². The highest BCUT2D eigenvalue weighted by Crippen LogP contribution is 2.22. The Hall–Kier alpha value is -1.64. The highest BCUT2D eigenvalue weighted by molar-refractivity contribution is 5.87. The van der Waals surface area contributed by atoms with E-state index in [-0.39, 0.29) is 5.82 Å². The molecule has 0 amide bonds. The van der Waals surface area contributed by atoms with Crippen LogP contribution < -0.4 is 5.73 Å². The molecular weight excluding hydrogens is 203 g/mol. The molecule has 2 N–H and O–H groups in total. The fourth-order valence-electron chi connectivity index (χ4n) is 1.62. The van der Waals surface area contributed by atoms with Crippen LogP contribution in [-0.4, -0.2) is 4.98 Å². The van der Waals surface area contributed by atoms with Crippen LogP contribution in [0.5, 0.6) is 0 Å². The summed E-state index contributed by atoms with van der Waals surface area (Å²) in [7, 11) is 0. The lowest BCUT2D eigenvalue weighted by Crippen LogP contribution is -1.97. The molecule has 0 saturated carbocycles. The molecule has 0 aliphatic rings. The Morgan fingerprint density at radius 1 is 1.31 bits per heavy atom. The van der Waals surface area contributed by atoms with E-state index in [0.29, 0.717) is 17.6 Å². The maximum atomic E-state index is 13.5. The summed E-state index contributed by atoms with van der Waals surface area (Å²) in [6.07, 6.45) is 0.683. The summed E-state index contributed by atoms with van der Waals surface area (Å²) in [6, 6.07) is 6.66. The zero-order valence-corrected chi connectivity index (χ0v) is 9.92. The summed E-state index contributed by atoms with van der Waals surface area (Å²) in [5.41, 5.74) is 6.34. The molecule has 1 aromatic heterocycles. The Morgan fingerprint density at radius 3 is 2.62 bits per heavy atom. The molecule has 1 heterocycles. The minimum Gasteiger partial charge on any atom is -0.384 e. The van der Waals surface area contributed by atoms with Crippen LogP contribution in [0.2, 0.25) is 0 Å². The largest absolute Gasteiger partial charge is 0.384 e. The summed E-state index contributed by atoms with van der Waals surface area (Å²) in [5.74, 6) is 0.215. The normalized spacial score (nSPS) is 9.75. The van der Waals surface area contributed by atoms with Gasteiger partial charge in [-0.25, -0.2) is 9.37 Å². The van der Waals surface area contributed by atoms with Gasteiger partial charge in [-0.05, 0) is 23.9 Å². The predicted octanol–water partition coefficient (Wildman–Crippen LogP) is 3.54. The summed E-state index contributed by atoms with van der Waals surface area (Å²) in [5, 5.41) is 1.40. The zero-order valence-electron chi connectivity index (χ0n) is 9.92. The molecule has 0 fully saturated rings. The van der Waals surface area contributed by atoms with Crippen molar-refractivity contribution in [2.75, 3.05) is 5.73 Å². The van der Waals surface area contributed by atoms with Crippen molar-refractivity contribution in [1.82, 2.24) is 4.98 Å². The number of hydrogen-bond acceptors (Lipinski definition) is 2. The molecule has 2 aromatic rings. The minimum atomic E-state index is -0.230. The van der Waals surface area contributed by atoms with Crippen molar-refractivity contribution in [3.63, 3.8) is 0 Å². The molecule has 0 bridgehead atoms. The van der Waals surface area contributed by atoms with Gasteiger partial charge in [-0.2, -0.15) is 0 Å². The summed E-state index contributed by atoms with van der Waals surface area (Å²) < 4.78 is 13.5. The van der Waals surface area contributed by atoms with Crippen molar-refractivity contribution in [2.45, 2.75) is 27.2 Å². The van der Waals surface area contributed by atoms with Crippen LogP contribution in [0, 0.1) is 5.82 Å². The van der Waals surface area contributed by atoms with E-state index >= 15 is 0 Å². The molecule has 0 radical (unpaired) electrons. The molecule has 86 valence electrons. The molecule has 2 nitrogen and oxygen atoms in total. The van der Waals surface area contributed by atoms with Gasteiger partial charge in [0, 0.05) is 5.39 Å². The molecule has 3 heteroatoms. The number of fused-ring (bicyclic) bond motifs is 1. The standard InChI is InChI=1S/C11H11FN2.C2H6/c1-2-9-11-7(6-10(13)14-9)4-3-5-8(11)12;1-2/h3-6H,2H2,1H3,(H2,13,14);1-2H3. The maximum absolute atomic E-state index is 13.5. The summed E-state index contributed by atoms with van der Waals surface area (Å²) in [6.45, 7) is 5.94. The number of nitrogen functional groups attached to an aromatic ring is 1. The van der Waals surface area contributed by atoms with Crippen LogP contribution in [0.4, 0.5) is 10.2 Å². The monoisotopic (exact) mass is 220 g/mol. The molecule has 16 heavy (non-hydrogen) atoms. The molecule has 1 aromatic carbocycles. The number of hydrogen-bond donors (Lipinski definition) is 1. The van der Waals surface area contributed by atoms with Gasteiger partial charge in [0.1, 0.15) is 11.6 Å². The first-order valence-electron chi connectivity index (χ1n) is 5.56. The first-order chi connectivity index (χ1) is 7.72. The van der Waals surface area contributed by atoms with Crippen LogP contribution in [-0.2, 0) is 6.42 Å². The van der Waals surface area contributed by atoms with E-state index in [1.807, 2.05) is 26.8 Å². The van der Waals surface area contributed by atoms with E-state index in [4.69, 9.17) is 5.73 Å². The number of rotatable bonds is 1. The Bertz CT molecular complexity index is 481. The Balaban J connectivity index is 0.000000606. The average molecular weight is 220 g/mol. The Labute approximate surface area is 95.3 Å². The van der Waals surface area contributed by atoms with Crippen molar-refractivity contribution >= 4 is 16.6 Å². The highest BCUT2D eigenvalue weighted by Gasteiger charge is 2.07. The fourth-order valence-corrected chi connectivity index (χ4v) is 1.62. The third-order valence-corrected chi connectivity index (χ3v) is 2.24. The van der Waals surface area contributed by atoms with Crippen LogP contribution in [0.3, 0.4) is 0 Å². The maximum Gasteiger partial charge on any atom is 0.132 e. The quantitative estimate of drug-likeness (QED) is 0.798. The molecule has 2 rings (SSSR count). The topological polar surface area (TPSA) is 38.9 Å². The number of aryl methyl sites for hydroxylation is 1. The SMILES string of the molecule is CC.CCc1nc(N)cc2cccc(F)c12. The van der Waals surface area contributed by atoms with E-state index in [0.717, 1.165) is 11.1 Å². The number of nitrogens with two attached hydrogens (primary N) is 1. The Morgan fingerprint density at radius 2 is 2.00 bits per heavy atom. The highest BCUT2D eigenvalue weighted by atomic mass is 19.1. The van der Waals surface area contributed by atoms with E-state index in [1.165, 1.54) is 6.07 Å². The number of aromatic nitrogens is 1. The molecule has 0 unspecified atom stereocenters. The zero-order chi connectivity index (χ0) is 12.1. The second kappa shape index (κ2) is 5.45. The fraction of sp³-hybridized carbons (Fsp3) is 0.308. The Kier molecular flexibility index (Phi) is 4.23. The van der Waals surface area contributed by atoms with Crippen molar-refractivity contribution in [3.8, 4) is 0 Å². The first-order valence-corrected chi connectivity index (χ1v) is 5.56. The first kappa shape index (κ1) is 12.4. The number of anilines is 1. The minimum absolute atomic E-state index is 0.230. The van der Waals surface area contributed by atoms with Gasteiger partial charge >= 0.3 is 0 Å². The van der Waals surface area contributed by atoms with Gasteiger partial charge in [-0.15, -0.1) is 0 Å². The average Bonchev–Trinajstić information content (AvgIpc) is 2.30. The van der Waals surface area contributed by atoms with Gasteiger partial charge in [0.2, 0.25) is 0 Å². The van der Waals surface area contributed by atoms with Crippen LogP contribution in [0.25, 0.3) is 10.8 Å². The van der Waals surface area contributed by atoms with Crippen molar-refractivity contribution in [3.05, 3.63) is 35.8 Å². The predicted molar refractivity (Wildman–Crippen MR) is 66.8 cm³/mol. The second-order valence-electron chi connectivity index (χ2n) is 3.19.